The maximum absolute atomic E-state index is 13.4. The van der Waals surface area contributed by atoms with E-state index in [0.29, 0.717) is 30.5 Å². The van der Waals surface area contributed by atoms with E-state index < -0.39 is 15.3 Å². The number of nitrogens with zero attached hydrogens (tertiary/aromatic N) is 3. The molecular weight excluding hydrogens is 532 g/mol. The molecular formula is C29H30N4O4S2. The van der Waals surface area contributed by atoms with E-state index in [1.807, 2.05) is 60.7 Å². The van der Waals surface area contributed by atoms with Gasteiger partial charge in [-0.2, -0.15) is 4.31 Å². The maximum atomic E-state index is 13.4. The highest BCUT2D eigenvalue weighted by molar-refractivity contribution is 8.15. The van der Waals surface area contributed by atoms with Crippen LogP contribution in [0.1, 0.15) is 31.2 Å². The number of benzene rings is 3. The summed E-state index contributed by atoms with van der Waals surface area (Å²) in [5.74, 6) is -0.496. The predicted octanol–water partition coefficient (Wildman–Crippen LogP) is 5.02. The molecule has 2 aliphatic rings. The van der Waals surface area contributed by atoms with Gasteiger partial charge < -0.3 is 5.32 Å². The molecule has 39 heavy (non-hydrogen) atoms. The zero-order valence-electron chi connectivity index (χ0n) is 21.4. The van der Waals surface area contributed by atoms with Crippen molar-refractivity contribution < 1.29 is 18.0 Å². The molecule has 3 aromatic rings. The Bertz CT molecular complexity index is 1440. The number of sulfonamides is 1. The number of hydrogen-bond donors (Lipinski definition) is 1. The number of hydrogen-bond acceptors (Lipinski definition) is 6. The van der Waals surface area contributed by atoms with E-state index in [1.165, 1.54) is 28.2 Å². The molecule has 2 amide bonds. The molecule has 0 spiro atoms. The quantitative estimate of drug-likeness (QED) is 0.416. The average molecular weight is 563 g/mol. The van der Waals surface area contributed by atoms with Crippen LogP contribution in [-0.2, 0) is 26.2 Å². The number of carbonyl (C=O) groups is 2. The number of piperidine rings is 1. The van der Waals surface area contributed by atoms with Crippen molar-refractivity contribution in [1.29, 1.82) is 0 Å². The van der Waals surface area contributed by atoms with Crippen LogP contribution in [0.4, 0.5) is 11.4 Å². The van der Waals surface area contributed by atoms with Crippen LogP contribution in [-0.4, -0.2) is 52.9 Å². The molecule has 3 aromatic carbocycles. The monoisotopic (exact) mass is 562 g/mol. The first kappa shape index (κ1) is 27.1. The van der Waals surface area contributed by atoms with E-state index in [0.717, 1.165) is 30.5 Å². The first-order valence-electron chi connectivity index (χ1n) is 13.0. The number of amidine groups is 1. The summed E-state index contributed by atoms with van der Waals surface area (Å²) < 4.78 is 27.3. The summed E-state index contributed by atoms with van der Waals surface area (Å²) in [6.45, 7) is 1.43. The van der Waals surface area contributed by atoms with Gasteiger partial charge >= 0.3 is 0 Å². The number of para-hydroxylation sites is 1. The molecule has 2 fully saturated rings. The fourth-order valence-corrected chi connectivity index (χ4v) is 7.27. The van der Waals surface area contributed by atoms with Crippen LogP contribution in [0.2, 0.25) is 0 Å². The van der Waals surface area contributed by atoms with Gasteiger partial charge in [0, 0.05) is 25.2 Å². The van der Waals surface area contributed by atoms with Crippen LogP contribution in [0.25, 0.3) is 0 Å². The van der Waals surface area contributed by atoms with E-state index >= 15 is 0 Å². The lowest BCUT2D eigenvalue weighted by Crippen LogP contribution is -2.35. The zero-order valence-corrected chi connectivity index (χ0v) is 23.0. The lowest BCUT2D eigenvalue weighted by Gasteiger charge is -2.25. The topological polar surface area (TPSA) is 99.1 Å². The average Bonchev–Trinajstić information content (AvgIpc) is 3.23. The summed E-state index contributed by atoms with van der Waals surface area (Å²) in [4.78, 5) is 32.8. The van der Waals surface area contributed by atoms with E-state index in [4.69, 9.17) is 4.99 Å². The van der Waals surface area contributed by atoms with Crippen LogP contribution >= 0.6 is 11.8 Å². The largest absolute Gasteiger partial charge is 0.326 e. The second-order valence-electron chi connectivity index (χ2n) is 9.49. The molecule has 0 aromatic heterocycles. The predicted molar refractivity (Wildman–Crippen MR) is 154 cm³/mol. The van der Waals surface area contributed by atoms with Gasteiger partial charge in [-0.05, 0) is 54.8 Å². The Balaban J connectivity index is 1.26. The van der Waals surface area contributed by atoms with Crippen molar-refractivity contribution >= 4 is 50.1 Å². The molecule has 2 saturated heterocycles. The Morgan fingerprint density at radius 1 is 0.897 bits per heavy atom. The van der Waals surface area contributed by atoms with Crippen LogP contribution in [0.15, 0.2) is 94.8 Å². The molecule has 10 heteroatoms. The summed E-state index contributed by atoms with van der Waals surface area (Å²) in [7, 11) is -3.54. The van der Waals surface area contributed by atoms with Gasteiger partial charge in [0.1, 0.15) is 5.25 Å². The smallest absolute Gasteiger partial charge is 0.243 e. The van der Waals surface area contributed by atoms with Crippen LogP contribution in [0, 0.1) is 0 Å². The highest BCUT2D eigenvalue weighted by Crippen LogP contribution is 2.33. The standard InChI is InChI=1S/C29H30N4O4S2/c34-27(30-24-14-16-25(17-15-24)39(36,37)32-18-8-3-9-19-32)20-26-28(35)33(21-22-10-4-1-5-11-22)29(38-26)31-23-12-6-2-7-13-23/h1-2,4-7,10-17,26H,3,8-9,18-21H2,(H,30,34)/t26-/m1/s1. The lowest BCUT2D eigenvalue weighted by molar-refractivity contribution is -0.128. The van der Waals surface area contributed by atoms with Crippen molar-refractivity contribution in [2.75, 3.05) is 18.4 Å². The molecule has 0 saturated carbocycles. The van der Waals surface area contributed by atoms with Gasteiger partial charge in [-0.25, -0.2) is 13.4 Å². The summed E-state index contributed by atoms with van der Waals surface area (Å²) in [5, 5.41) is 2.75. The van der Waals surface area contributed by atoms with Crippen molar-refractivity contribution in [3.63, 3.8) is 0 Å². The minimum atomic E-state index is -3.54. The van der Waals surface area contributed by atoms with Crippen LogP contribution < -0.4 is 5.32 Å². The Labute approximate surface area is 233 Å². The third kappa shape index (κ3) is 6.58. The molecule has 0 unspecified atom stereocenters. The van der Waals surface area contributed by atoms with Gasteiger partial charge in [0.2, 0.25) is 21.8 Å². The summed E-state index contributed by atoms with van der Waals surface area (Å²) >= 11 is 1.28. The third-order valence-electron chi connectivity index (χ3n) is 6.65. The summed E-state index contributed by atoms with van der Waals surface area (Å²) in [6.07, 6.45) is 2.75. The second-order valence-corrected chi connectivity index (χ2v) is 12.6. The number of amides is 2. The minimum Gasteiger partial charge on any atom is -0.326 e. The number of anilines is 1. The highest BCUT2D eigenvalue weighted by Gasteiger charge is 2.39. The maximum Gasteiger partial charge on any atom is 0.243 e. The van der Waals surface area contributed by atoms with Crippen molar-refractivity contribution in [2.45, 2.75) is 42.4 Å². The Morgan fingerprint density at radius 3 is 2.21 bits per heavy atom. The van der Waals surface area contributed by atoms with E-state index in [2.05, 4.69) is 5.32 Å². The van der Waals surface area contributed by atoms with Crippen molar-refractivity contribution in [2.24, 2.45) is 4.99 Å². The van der Waals surface area contributed by atoms with E-state index in [1.54, 1.807) is 17.0 Å². The molecule has 2 heterocycles. The Kier molecular flexibility index (Phi) is 8.44. The molecule has 2 aliphatic heterocycles. The molecule has 1 atom stereocenters. The zero-order chi connectivity index (χ0) is 27.2. The van der Waals surface area contributed by atoms with E-state index in [9.17, 15) is 18.0 Å². The summed E-state index contributed by atoms with van der Waals surface area (Å²) in [5.41, 5.74) is 2.18. The van der Waals surface area contributed by atoms with E-state index in [-0.39, 0.29) is 23.1 Å². The Hall–Kier alpha value is -3.47. The Morgan fingerprint density at radius 2 is 1.54 bits per heavy atom. The number of carbonyl (C=O) groups excluding carboxylic acids is 2. The first-order chi connectivity index (χ1) is 18.9. The van der Waals surface area contributed by atoms with Crippen molar-refractivity contribution in [3.8, 4) is 0 Å². The van der Waals surface area contributed by atoms with Gasteiger partial charge in [0.25, 0.3) is 0 Å². The van der Waals surface area contributed by atoms with Crippen LogP contribution in [0.5, 0.6) is 0 Å². The highest BCUT2D eigenvalue weighted by atomic mass is 32.2. The van der Waals surface area contributed by atoms with Gasteiger partial charge in [0.05, 0.1) is 17.1 Å². The van der Waals surface area contributed by atoms with Gasteiger partial charge in [0.15, 0.2) is 5.17 Å². The van der Waals surface area contributed by atoms with Gasteiger partial charge in [-0.15, -0.1) is 0 Å². The number of thioether (sulfide) groups is 1. The van der Waals surface area contributed by atoms with Crippen molar-refractivity contribution in [1.82, 2.24) is 9.21 Å². The second kappa shape index (κ2) is 12.1. The molecule has 1 N–H and O–H groups in total. The molecule has 0 bridgehead atoms. The molecule has 202 valence electrons. The first-order valence-corrected chi connectivity index (χ1v) is 15.3. The normalized spacial score (nSPS) is 19.4. The molecule has 8 nitrogen and oxygen atoms in total. The molecule has 5 rings (SSSR count). The third-order valence-corrected chi connectivity index (χ3v) is 9.73. The number of rotatable bonds is 8. The molecule has 0 aliphatic carbocycles. The number of nitrogens with one attached hydrogen (secondary N) is 1. The van der Waals surface area contributed by atoms with Gasteiger partial charge in [-0.3, -0.25) is 14.5 Å². The van der Waals surface area contributed by atoms with Crippen LogP contribution in [0.3, 0.4) is 0 Å². The lowest BCUT2D eigenvalue weighted by atomic mass is 10.2. The summed E-state index contributed by atoms with van der Waals surface area (Å²) in [6, 6.07) is 25.3. The molecule has 0 radical (unpaired) electrons. The fourth-order valence-electron chi connectivity index (χ4n) is 4.59. The number of aliphatic imine (C=N–C) groups is 1. The van der Waals surface area contributed by atoms with Crippen molar-refractivity contribution in [3.05, 3.63) is 90.5 Å². The SMILES string of the molecule is O=C(C[C@H]1SC(=Nc2ccccc2)N(Cc2ccccc2)C1=O)Nc1ccc(S(=O)(=O)N2CCCCC2)cc1. The minimum absolute atomic E-state index is 0.0313. The van der Waals surface area contributed by atoms with Gasteiger partial charge in [-0.1, -0.05) is 66.7 Å². The fraction of sp³-hybridized carbons (Fsp3) is 0.276.